The molecule has 0 unspecified atom stereocenters. The molecule has 170 valence electrons. The number of ether oxygens (including phenoxy) is 2. The van der Waals surface area contributed by atoms with Crippen molar-refractivity contribution in [2.24, 2.45) is 0 Å². The summed E-state index contributed by atoms with van der Waals surface area (Å²) in [5, 5.41) is 0. The highest BCUT2D eigenvalue weighted by Crippen LogP contribution is 2.32. The number of nitrogens with zero attached hydrogens (tertiary/aromatic N) is 2. The fraction of sp³-hybridized carbons (Fsp3) is 0.385. The molecule has 2 aromatic carbocycles. The van der Waals surface area contributed by atoms with Crippen LogP contribution < -0.4 is 4.74 Å². The Morgan fingerprint density at radius 2 is 1.62 bits per heavy atom. The van der Waals surface area contributed by atoms with Crippen molar-refractivity contribution in [3.63, 3.8) is 0 Å². The predicted octanol–water partition coefficient (Wildman–Crippen LogP) is 4.11. The highest BCUT2D eigenvalue weighted by Gasteiger charge is 2.40. The van der Waals surface area contributed by atoms with Gasteiger partial charge in [-0.2, -0.15) is 0 Å². The SMILES string of the molecule is CCCOc1ccc(C2=C(N(C)Cc3ccccc3)C(=O)N(CCOC(C)C)C2=O)cc1. The molecule has 1 aliphatic rings. The van der Waals surface area contributed by atoms with Gasteiger partial charge in [0, 0.05) is 13.6 Å². The molecule has 6 nitrogen and oxygen atoms in total. The zero-order valence-corrected chi connectivity index (χ0v) is 19.3. The highest BCUT2D eigenvalue weighted by atomic mass is 16.5. The van der Waals surface area contributed by atoms with Crippen molar-refractivity contribution < 1.29 is 19.1 Å². The van der Waals surface area contributed by atoms with Crippen molar-refractivity contribution in [2.45, 2.75) is 39.8 Å². The Morgan fingerprint density at radius 1 is 0.938 bits per heavy atom. The Kier molecular flexibility index (Phi) is 8.06. The number of imide groups is 1. The smallest absolute Gasteiger partial charge is 0.277 e. The number of hydrogen-bond donors (Lipinski definition) is 0. The first-order valence-electron chi connectivity index (χ1n) is 11.1. The van der Waals surface area contributed by atoms with Gasteiger partial charge < -0.3 is 14.4 Å². The minimum absolute atomic E-state index is 0.0335. The molecule has 0 atom stereocenters. The summed E-state index contributed by atoms with van der Waals surface area (Å²) >= 11 is 0. The van der Waals surface area contributed by atoms with Crippen LogP contribution in [0.5, 0.6) is 5.75 Å². The van der Waals surface area contributed by atoms with Crippen LogP contribution in [0.25, 0.3) is 5.57 Å². The zero-order valence-electron chi connectivity index (χ0n) is 19.3. The molecular formula is C26H32N2O4. The number of benzene rings is 2. The first-order valence-corrected chi connectivity index (χ1v) is 11.1. The maximum atomic E-state index is 13.4. The van der Waals surface area contributed by atoms with Crippen molar-refractivity contribution >= 4 is 17.4 Å². The van der Waals surface area contributed by atoms with Gasteiger partial charge in [0.25, 0.3) is 11.8 Å². The van der Waals surface area contributed by atoms with Gasteiger partial charge in [-0.3, -0.25) is 14.5 Å². The minimum Gasteiger partial charge on any atom is -0.494 e. The lowest BCUT2D eigenvalue weighted by molar-refractivity contribution is -0.138. The van der Waals surface area contributed by atoms with Gasteiger partial charge in [0.1, 0.15) is 11.4 Å². The van der Waals surface area contributed by atoms with Crippen LogP contribution in [0.2, 0.25) is 0 Å². The van der Waals surface area contributed by atoms with E-state index in [0.29, 0.717) is 36.6 Å². The topological polar surface area (TPSA) is 59.1 Å². The summed E-state index contributed by atoms with van der Waals surface area (Å²) in [4.78, 5) is 29.8. The van der Waals surface area contributed by atoms with E-state index in [1.807, 2.05) is 80.4 Å². The van der Waals surface area contributed by atoms with Crippen molar-refractivity contribution in [3.8, 4) is 5.75 Å². The predicted molar refractivity (Wildman–Crippen MR) is 125 cm³/mol. The molecule has 0 fully saturated rings. The van der Waals surface area contributed by atoms with Crippen LogP contribution in [-0.4, -0.2) is 54.5 Å². The zero-order chi connectivity index (χ0) is 23.1. The second kappa shape index (κ2) is 11.0. The van der Waals surface area contributed by atoms with Crippen molar-refractivity contribution in [1.29, 1.82) is 0 Å². The Morgan fingerprint density at radius 3 is 2.25 bits per heavy atom. The molecule has 0 aliphatic carbocycles. The molecule has 32 heavy (non-hydrogen) atoms. The maximum Gasteiger partial charge on any atom is 0.277 e. The number of amides is 2. The van der Waals surface area contributed by atoms with E-state index in [1.54, 1.807) is 0 Å². The molecule has 0 bridgehead atoms. The van der Waals surface area contributed by atoms with Crippen molar-refractivity contribution in [1.82, 2.24) is 9.80 Å². The van der Waals surface area contributed by atoms with Gasteiger partial charge in [0.15, 0.2) is 0 Å². The summed E-state index contributed by atoms with van der Waals surface area (Å²) in [7, 11) is 1.85. The minimum atomic E-state index is -0.292. The van der Waals surface area contributed by atoms with E-state index in [-0.39, 0.29) is 24.5 Å². The first-order chi connectivity index (χ1) is 15.4. The molecule has 0 saturated heterocycles. The average Bonchev–Trinajstić information content (AvgIpc) is 3.03. The van der Waals surface area contributed by atoms with Crippen LogP contribution in [-0.2, 0) is 20.9 Å². The van der Waals surface area contributed by atoms with E-state index >= 15 is 0 Å². The summed E-state index contributed by atoms with van der Waals surface area (Å²) in [6.45, 7) is 7.59. The van der Waals surface area contributed by atoms with Crippen molar-refractivity contribution in [3.05, 3.63) is 71.4 Å². The third-order valence-electron chi connectivity index (χ3n) is 5.17. The number of hydrogen-bond acceptors (Lipinski definition) is 5. The van der Waals surface area contributed by atoms with Gasteiger partial charge in [-0.1, -0.05) is 49.4 Å². The summed E-state index contributed by atoms with van der Waals surface area (Å²) in [6.07, 6.45) is 0.952. The van der Waals surface area contributed by atoms with E-state index in [1.165, 1.54) is 4.90 Å². The van der Waals surface area contributed by atoms with Gasteiger partial charge in [0.05, 0.1) is 31.4 Å². The number of carbonyl (C=O) groups is 2. The Balaban J connectivity index is 1.91. The lowest BCUT2D eigenvalue weighted by atomic mass is 10.0. The van der Waals surface area contributed by atoms with Crippen LogP contribution in [0.1, 0.15) is 38.3 Å². The van der Waals surface area contributed by atoms with E-state index in [2.05, 4.69) is 6.92 Å². The lowest BCUT2D eigenvalue weighted by Gasteiger charge is -2.22. The molecule has 2 aromatic rings. The van der Waals surface area contributed by atoms with Crippen LogP contribution in [0.3, 0.4) is 0 Å². The van der Waals surface area contributed by atoms with Gasteiger partial charge in [-0.05, 0) is 43.5 Å². The van der Waals surface area contributed by atoms with Gasteiger partial charge in [0.2, 0.25) is 0 Å². The van der Waals surface area contributed by atoms with E-state index < -0.39 is 0 Å². The monoisotopic (exact) mass is 436 g/mol. The molecule has 3 rings (SSSR count). The molecule has 1 aliphatic heterocycles. The largest absolute Gasteiger partial charge is 0.494 e. The normalized spacial score (nSPS) is 14.0. The molecule has 0 radical (unpaired) electrons. The van der Waals surface area contributed by atoms with E-state index in [4.69, 9.17) is 9.47 Å². The Hall–Kier alpha value is -3.12. The molecule has 0 N–H and O–H groups in total. The number of rotatable bonds is 11. The van der Waals surface area contributed by atoms with Gasteiger partial charge in [-0.25, -0.2) is 0 Å². The second-order valence-corrected chi connectivity index (χ2v) is 8.12. The summed E-state index contributed by atoms with van der Waals surface area (Å²) in [5.41, 5.74) is 2.59. The summed E-state index contributed by atoms with van der Waals surface area (Å²) in [6, 6.07) is 17.3. The quantitative estimate of drug-likeness (QED) is 0.496. The standard InChI is InChI=1S/C26H32N2O4/c1-5-16-32-22-13-11-21(12-14-22)23-24(27(4)18-20-9-7-6-8-10-20)26(30)28(25(23)29)15-17-31-19(2)3/h6-14,19H,5,15-18H2,1-4H3. The third kappa shape index (κ3) is 5.56. The van der Waals surface area contributed by atoms with E-state index in [0.717, 1.165) is 17.7 Å². The second-order valence-electron chi connectivity index (χ2n) is 8.12. The molecule has 2 amide bonds. The first kappa shape index (κ1) is 23.5. The molecule has 0 spiro atoms. The Labute approximate surface area is 190 Å². The van der Waals surface area contributed by atoms with Gasteiger partial charge >= 0.3 is 0 Å². The maximum absolute atomic E-state index is 13.4. The highest BCUT2D eigenvalue weighted by molar-refractivity contribution is 6.35. The molecule has 0 saturated carbocycles. The van der Waals surface area contributed by atoms with Crippen LogP contribution >= 0.6 is 0 Å². The van der Waals surface area contributed by atoms with Crippen LogP contribution in [0.15, 0.2) is 60.3 Å². The van der Waals surface area contributed by atoms with E-state index in [9.17, 15) is 9.59 Å². The van der Waals surface area contributed by atoms with Crippen LogP contribution in [0, 0.1) is 0 Å². The third-order valence-corrected chi connectivity index (χ3v) is 5.17. The number of likely N-dealkylation sites (N-methyl/N-ethyl adjacent to an activating group) is 1. The average molecular weight is 437 g/mol. The molecule has 0 aromatic heterocycles. The summed E-state index contributed by atoms with van der Waals surface area (Å²) in [5.74, 6) is 0.163. The lowest BCUT2D eigenvalue weighted by Crippen LogP contribution is -2.37. The Bertz CT molecular complexity index is 952. The van der Waals surface area contributed by atoms with Gasteiger partial charge in [-0.15, -0.1) is 0 Å². The molecule has 6 heteroatoms. The number of carbonyl (C=O) groups excluding carboxylic acids is 2. The van der Waals surface area contributed by atoms with Crippen molar-refractivity contribution in [2.75, 3.05) is 26.8 Å². The van der Waals surface area contributed by atoms with Crippen LogP contribution in [0.4, 0.5) is 0 Å². The summed E-state index contributed by atoms with van der Waals surface area (Å²) < 4.78 is 11.3. The fourth-order valence-electron chi connectivity index (χ4n) is 3.63. The molecular weight excluding hydrogens is 404 g/mol. The fourth-order valence-corrected chi connectivity index (χ4v) is 3.63. The molecule has 1 heterocycles.